The lowest BCUT2D eigenvalue weighted by Crippen LogP contribution is -2.40. The highest BCUT2D eigenvalue weighted by atomic mass is 15.5. The summed E-state index contributed by atoms with van der Waals surface area (Å²) in [5, 5.41) is 16.8. The average Bonchev–Trinajstić information content (AvgIpc) is 3.27. The molecule has 0 radical (unpaired) electrons. The predicted octanol–water partition coefficient (Wildman–Crippen LogP) is 4.03. The minimum atomic E-state index is 0.237. The lowest BCUT2D eigenvalue weighted by molar-refractivity contribution is 0.181. The lowest BCUT2D eigenvalue weighted by atomic mass is 9.95. The summed E-state index contributed by atoms with van der Waals surface area (Å²) in [5.41, 5.74) is 11.5. The maximum Gasteiger partial charge on any atom is 0.248 e. The number of rotatable bonds is 6. The molecule has 3 N–H and O–H groups in total. The van der Waals surface area contributed by atoms with Crippen molar-refractivity contribution in [2.45, 2.75) is 51.4 Å². The van der Waals surface area contributed by atoms with E-state index in [2.05, 4.69) is 63.6 Å². The third kappa shape index (κ3) is 5.58. The minimum Gasteiger partial charge on any atom is -0.368 e. The maximum atomic E-state index is 6.24. The summed E-state index contributed by atoms with van der Waals surface area (Å²) in [6.45, 7) is 5.78. The summed E-state index contributed by atoms with van der Waals surface area (Å²) >= 11 is 0. The Labute approximate surface area is 240 Å². The van der Waals surface area contributed by atoms with Crippen LogP contribution in [0.2, 0.25) is 0 Å². The molecular weight excluding hydrogens is 514 g/mol. The molecule has 0 atom stereocenters. The van der Waals surface area contributed by atoms with Crippen LogP contribution in [0.1, 0.15) is 49.7 Å². The fourth-order valence-electron chi connectivity index (χ4n) is 6.42. The van der Waals surface area contributed by atoms with Gasteiger partial charge in [0, 0.05) is 25.2 Å². The van der Waals surface area contributed by atoms with Gasteiger partial charge in [-0.2, -0.15) is 9.67 Å². The van der Waals surface area contributed by atoms with Gasteiger partial charge in [0.1, 0.15) is 0 Å². The molecular formula is C30H37N11. The Morgan fingerprint density at radius 1 is 0.878 bits per heavy atom. The van der Waals surface area contributed by atoms with E-state index in [0.29, 0.717) is 17.5 Å². The van der Waals surface area contributed by atoms with E-state index in [1.165, 1.54) is 62.0 Å². The van der Waals surface area contributed by atoms with Gasteiger partial charge in [-0.15, -0.1) is 15.3 Å². The Hall–Kier alpha value is -4.12. The second-order valence-electron chi connectivity index (χ2n) is 11.5. The summed E-state index contributed by atoms with van der Waals surface area (Å²) in [7, 11) is 0. The largest absolute Gasteiger partial charge is 0.368 e. The summed E-state index contributed by atoms with van der Waals surface area (Å²) in [6.07, 6.45) is 13.0. The molecule has 0 unspecified atom stereocenters. The quantitative estimate of drug-likeness (QED) is 0.363. The van der Waals surface area contributed by atoms with Gasteiger partial charge in [-0.25, -0.2) is 9.97 Å². The topological polar surface area (TPSA) is 127 Å². The van der Waals surface area contributed by atoms with Crippen molar-refractivity contribution in [2.24, 2.45) is 5.92 Å². The summed E-state index contributed by atoms with van der Waals surface area (Å²) in [6, 6.07) is 10.4. The number of hydrogen-bond acceptors (Lipinski definition) is 10. The van der Waals surface area contributed by atoms with Gasteiger partial charge in [0.2, 0.25) is 17.8 Å². The van der Waals surface area contributed by atoms with Crippen LogP contribution in [-0.4, -0.2) is 72.6 Å². The molecule has 11 heteroatoms. The monoisotopic (exact) mass is 551 g/mol. The molecule has 5 heterocycles. The van der Waals surface area contributed by atoms with E-state index in [0.717, 1.165) is 61.0 Å². The van der Waals surface area contributed by atoms with Crippen LogP contribution in [0, 0.1) is 5.92 Å². The second kappa shape index (κ2) is 11.4. The first-order valence-corrected chi connectivity index (χ1v) is 14.9. The number of benzene rings is 1. The highest BCUT2D eigenvalue weighted by Crippen LogP contribution is 2.31. The molecule has 0 saturated carbocycles. The molecule has 7 rings (SSSR count). The van der Waals surface area contributed by atoms with Crippen molar-refractivity contribution in [3.05, 3.63) is 53.9 Å². The van der Waals surface area contributed by atoms with Gasteiger partial charge in [0.25, 0.3) is 0 Å². The number of piperidine rings is 2. The first-order chi connectivity index (χ1) is 20.2. The maximum absolute atomic E-state index is 6.24. The Balaban J connectivity index is 0.995. The average molecular weight is 552 g/mol. The fraction of sp³-hybridized carbons (Fsp3) is 0.467. The lowest BCUT2D eigenvalue weighted by Gasteiger charge is -2.36. The number of aromatic nitrogens is 7. The summed E-state index contributed by atoms with van der Waals surface area (Å²) in [5.74, 6) is 2.69. The van der Waals surface area contributed by atoms with Crippen molar-refractivity contribution in [3.63, 3.8) is 0 Å². The van der Waals surface area contributed by atoms with Crippen LogP contribution in [-0.2, 0) is 12.8 Å². The smallest absolute Gasteiger partial charge is 0.248 e. The van der Waals surface area contributed by atoms with Gasteiger partial charge >= 0.3 is 0 Å². The first-order valence-electron chi connectivity index (χ1n) is 14.9. The minimum absolute atomic E-state index is 0.237. The number of nitrogens with zero attached hydrogens (tertiary/aromatic N) is 9. The molecule has 212 valence electrons. The van der Waals surface area contributed by atoms with Crippen LogP contribution >= 0.6 is 0 Å². The number of hydrogen-bond donors (Lipinski definition) is 2. The SMILES string of the molecule is Nc1nc(Nc2cnc(N3CCC(CN4CCCCC4)CC3)nc2)nn1-c1cc2c(nn1)-c1ccccc1CCC2. The zero-order chi connectivity index (χ0) is 27.6. The van der Waals surface area contributed by atoms with Gasteiger partial charge in [-0.05, 0) is 81.1 Å². The van der Waals surface area contributed by atoms with E-state index < -0.39 is 0 Å². The first kappa shape index (κ1) is 25.8. The van der Waals surface area contributed by atoms with Gasteiger partial charge in [-0.1, -0.05) is 30.7 Å². The normalized spacial score (nSPS) is 18.0. The van der Waals surface area contributed by atoms with E-state index >= 15 is 0 Å². The Morgan fingerprint density at radius 3 is 2.49 bits per heavy atom. The van der Waals surface area contributed by atoms with Crippen molar-refractivity contribution < 1.29 is 0 Å². The van der Waals surface area contributed by atoms with Gasteiger partial charge in [0.05, 0.1) is 23.8 Å². The summed E-state index contributed by atoms with van der Waals surface area (Å²) < 4.78 is 1.52. The van der Waals surface area contributed by atoms with Crippen molar-refractivity contribution in [3.8, 4) is 17.1 Å². The van der Waals surface area contributed by atoms with Crippen LogP contribution in [0.15, 0.2) is 42.7 Å². The van der Waals surface area contributed by atoms with Crippen LogP contribution < -0.4 is 16.0 Å². The van der Waals surface area contributed by atoms with E-state index in [9.17, 15) is 0 Å². The van der Waals surface area contributed by atoms with Crippen LogP contribution in [0.25, 0.3) is 17.1 Å². The zero-order valence-corrected chi connectivity index (χ0v) is 23.4. The number of nitrogens with two attached hydrogens (primary N) is 1. The number of likely N-dealkylation sites (tertiary alicyclic amines) is 1. The molecule has 2 aliphatic heterocycles. The highest BCUT2D eigenvalue weighted by Gasteiger charge is 2.24. The van der Waals surface area contributed by atoms with Crippen molar-refractivity contribution in [1.29, 1.82) is 0 Å². The Bertz CT molecular complexity index is 1480. The molecule has 4 aromatic rings. The fourth-order valence-corrected chi connectivity index (χ4v) is 6.42. The zero-order valence-electron chi connectivity index (χ0n) is 23.4. The van der Waals surface area contributed by atoms with Gasteiger partial charge < -0.3 is 20.9 Å². The molecule has 1 aromatic carbocycles. The number of fused-ring (bicyclic) bond motifs is 3. The Morgan fingerprint density at radius 2 is 1.66 bits per heavy atom. The molecule has 11 nitrogen and oxygen atoms in total. The van der Waals surface area contributed by atoms with Crippen molar-refractivity contribution >= 4 is 23.5 Å². The predicted molar refractivity (Wildman–Crippen MR) is 159 cm³/mol. The van der Waals surface area contributed by atoms with E-state index in [1.54, 1.807) is 12.4 Å². The summed E-state index contributed by atoms with van der Waals surface area (Å²) in [4.78, 5) is 18.6. The third-order valence-electron chi connectivity index (χ3n) is 8.63. The van der Waals surface area contributed by atoms with Crippen LogP contribution in [0.3, 0.4) is 0 Å². The van der Waals surface area contributed by atoms with E-state index in [1.807, 2.05) is 12.1 Å². The molecule has 3 aromatic heterocycles. The molecule has 2 saturated heterocycles. The van der Waals surface area contributed by atoms with E-state index in [-0.39, 0.29) is 5.95 Å². The van der Waals surface area contributed by atoms with E-state index in [4.69, 9.17) is 5.73 Å². The standard InChI is InChI=1S/C30H37N11/c31-28-35-29(38-41(28)26-17-23-9-6-8-22-7-2-3-10-25(22)27(23)37-36-26)34-24-18-32-30(33-19-24)40-15-11-21(12-16-40)20-39-13-4-1-5-14-39/h2-3,7,10,17-19,21H,1,4-6,8-9,11-16,20H2,(H3,31,34,35,38). The molecule has 3 aliphatic rings. The van der Waals surface area contributed by atoms with Crippen molar-refractivity contribution in [1.82, 2.24) is 39.8 Å². The number of aryl methyl sites for hydroxylation is 2. The molecule has 0 amide bonds. The van der Waals surface area contributed by atoms with Gasteiger partial charge in [-0.3, -0.25) is 0 Å². The molecule has 0 bridgehead atoms. The third-order valence-corrected chi connectivity index (χ3v) is 8.63. The number of nitrogen functional groups attached to an aromatic ring is 1. The highest BCUT2D eigenvalue weighted by molar-refractivity contribution is 5.68. The second-order valence-corrected chi connectivity index (χ2v) is 11.5. The van der Waals surface area contributed by atoms with Gasteiger partial charge in [0.15, 0.2) is 5.82 Å². The number of nitrogens with one attached hydrogen (secondary N) is 1. The molecule has 1 aliphatic carbocycles. The molecule has 0 spiro atoms. The van der Waals surface area contributed by atoms with Crippen LogP contribution in [0.4, 0.5) is 23.5 Å². The molecule has 41 heavy (non-hydrogen) atoms. The Kier molecular flexibility index (Phi) is 7.18. The van der Waals surface area contributed by atoms with Crippen molar-refractivity contribution in [2.75, 3.05) is 48.7 Å². The molecule has 2 fully saturated rings. The number of anilines is 4. The van der Waals surface area contributed by atoms with Crippen LogP contribution in [0.5, 0.6) is 0 Å².